The van der Waals surface area contributed by atoms with Crippen LogP contribution in [-0.2, 0) is 11.2 Å². The summed E-state index contributed by atoms with van der Waals surface area (Å²) in [5.74, 6) is -1.05. The number of carboxylic acids is 1. The van der Waals surface area contributed by atoms with E-state index in [1.165, 1.54) is 4.88 Å². The number of carboxylic acid groups (broad SMARTS) is 1. The fourth-order valence-electron chi connectivity index (χ4n) is 2.59. The Morgan fingerprint density at radius 2 is 2.24 bits per heavy atom. The number of halogens is 1. The zero-order valence-corrected chi connectivity index (χ0v) is 14.2. The van der Waals surface area contributed by atoms with Crippen LogP contribution >= 0.6 is 27.3 Å². The predicted molar refractivity (Wildman–Crippen MR) is 85.6 cm³/mol. The molecule has 0 aliphatic carbocycles. The highest BCUT2D eigenvalue weighted by atomic mass is 79.9. The molecule has 1 saturated heterocycles. The fraction of sp³-hybridized carbons (Fsp3) is 0.571. The van der Waals surface area contributed by atoms with Crippen molar-refractivity contribution in [1.29, 1.82) is 0 Å². The monoisotopic (exact) mass is 374 g/mol. The van der Waals surface area contributed by atoms with E-state index >= 15 is 0 Å². The smallest absolute Gasteiger partial charge is 0.317 e. The summed E-state index contributed by atoms with van der Waals surface area (Å²) in [7, 11) is 0. The Labute approximate surface area is 136 Å². The molecule has 2 amide bonds. The van der Waals surface area contributed by atoms with Gasteiger partial charge in [0.25, 0.3) is 0 Å². The SMILES string of the molecule is CC1CC(C(=O)O)CN(C(=O)NCCc2ccc(Br)s2)C1. The molecule has 1 fully saturated rings. The maximum Gasteiger partial charge on any atom is 0.317 e. The number of aliphatic carboxylic acids is 1. The minimum atomic E-state index is -0.817. The van der Waals surface area contributed by atoms with E-state index in [1.807, 2.05) is 19.1 Å². The third-order valence-electron chi connectivity index (χ3n) is 3.57. The van der Waals surface area contributed by atoms with Gasteiger partial charge >= 0.3 is 12.0 Å². The van der Waals surface area contributed by atoms with Gasteiger partial charge in [-0.15, -0.1) is 11.3 Å². The summed E-state index contributed by atoms with van der Waals surface area (Å²) >= 11 is 5.06. The number of likely N-dealkylation sites (tertiary alicyclic amines) is 1. The highest BCUT2D eigenvalue weighted by molar-refractivity contribution is 9.11. The molecule has 0 aromatic carbocycles. The van der Waals surface area contributed by atoms with E-state index in [2.05, 4.69) is 21.2 Å². The molecule has 2 N–H and O–H groups in total. The summed E-state index contributed by atoms with van der Waals surface area (Å²) in [6, 6.07) is 3.86. The van der Waals surface area contributed by atoms with Crippen molar-refractivity contribution < 1.29 is 14.7 Å². The Kier molecular flexibility index (Phi) is 5.64. The second-order valence-corrected chi connectivity index (χ2v) is 8.02. The predicted octanol–water partition coefficient (Wildman–Crippen LogP) is 2.81. The average molecular weight is 375 g/mol. The van der Waals surface area contributed by atoms with Gasteiger partial charge in [0, 0.05) is 24.5 Å². The number of thiophene rings is 1. The summed E-state index contributed by atoms with van der Waals surface area (Å²) in [6.45, 7) is 3.48. The normalized spacial score (nSPS) is 22.1. The third-order valence-corrected chi connectivity index (χ3v) is 5.26. The number of piperidine rings is 1. The number of rotatable bonds is 4. The van der Waals surface area contributed by atoms with E-state index in [1.54, 1.807) is 16.2 Å². The lowest BCUT2D eigenvalue weighted by molar-refractivity contribution is -0.143. The molecule has 1 aliphatic heterocycles. The minimum absolute atomic E-state index is 0.163. The lowest BCUT2D eigenvalue weighted by Gasteiger charge is -2.34. The van der Waals surface area contributed by atoms with E-state index < -0.39 is 11.9 Å². The van der Waals surface area contributed by atoms with Crippen LogP contribution in [0.5, 0.6) is 0 Å². The molecule has 0 bridgehead atoms. The molecule has 2 rings (SSSR count). The van der Waals surface area contributed by atoms with E-state index in [9.17, 15) is 9.59 Å². The summed E-state index contributed by atoms with van der Waals surface area (Å²) < 4.78 is 1.08. The molecule has 1 aromatic heterocycles. The number of amides is 2. The Balaban J connectivity index is 1.80. The maximum absolute atomic E-state index is 12.1. The van der Waals surface area contributed by atoms with Crippen molar-refractivity contribution in [3.8, 4) is 0 Å². The highest BCUT2D eigenvalue weighted by Gasteiger charge is 2.31. The van der Waals surface area contributed by atoms with Crippen molar-refractivity contribution in [2.24, 2.45) is 11.8 Å². The summed E-state index contributed by atoms with van der Waals surface area (Å²) in [4.78, 5) is 26.1. The van der Waals surface area contributed by atoms with Crippen molar-refractivity contribution in [1.82, 2.24) is 10.2 Å². The maximum atomic E-state index is 12.1. The molecule has 7 heteroatoms. The van der Waals surface area contributed by atoms with E-state index in [-0.39, 0.29) is 11.9 Å². The zero-order chi connectivity index (χ0) is 15.4. The molecule has 2 heterocycles. The second kappa shape index (κ2) is 7.26. The van der Waals surface area contributed by atoms with Crippen LogP contribution in [0.3, 0.4) is 0 Å². The first kappa shape index (κ1) is 16.3. The molecule has 0 radical (unpaired) electrons. The van der Waals surface area contributed by atoms with Gasteiger partial charge in [0.05, 0.1) is 9.70 Å². The Hall–Kier alpha value is -1.08. The lowest BCUT2D eigenvalue weighted by atomic mass is 9.91. The van der Waals surface area contributed by atoms with Gasteiger partial charge in [-0.1, -0.05) is 6.92 Å². The molecule has 2 unspecified atom stereocenters. The molecule has 1 aliphatic rings. The number of carbonyl (C=O) groups is 2. The van der Waals surface area contributed by atoms with Gasteiger partial charge in [-0.2, -0.15) is 0 Å². The van der Waals surface area contributed by atoms with E-state index in [0.717, 1.165) is 10.2 Å². The lowest BCUT2D eigenvalue weighted by Crippen LogP contribution is -2.49. The molecule has 0 spiro atoms. The third kappa shape index (κ3) is 4.71. The molecule has 2 atom stereocenters. The number of urea groups is 1. The quantitative estimate of drug-likeness (QED) is 0.850. The summed E-state index contributed by atoms with van der Waals surface area (Å²) in [6.07, 6.45) is 1.43. The van der Waals surface area contributed by atoms with Crippen molar-refractivity contribution in [3.05, 3.63) is 20.8 Å². The summed E-state index contributed by atoms with van der Waals surface area (Å²) in [5.41, 5.74) is 0. The second-order valence-electron chi connectivity index (χ2n) is 5.47. The van der Waals surface area contributed by atoms with Crippen LogP contribution in [-0.4, -0.2) is 41.6 Å². The number of nitrogens with zero attached hydrogens (tertiary/aromatic N) is 1. The molecule has 116 valence electrons. The largest absolute Gasteiger partial charge is 0.481 e. The first-order valence-electron chi connectivity index (χ1n) is 6.95. The van der Waals surface area contributed by atoms with Crippen molar-refractivity contribution >= 4 is 39.3 Å². The van der Waals surface area contributed by atoms with E-state index in [4.69, 9.17) is 5.11 Å². The van der Waals surface area contributed by atoms with Crippen LogP contribution in [0, 0.1) is 11.8 Å². The Bertz CT molecular complexity index is 520. The van der Waals surface area contributed by atoms with Crippen molar-refractivity contribution in [2.45, 2.75) is 19.8 Å². The molecular weight excluding hydrogens is 356 g/mol. The van der Waals surface area contributed by atoms with Gasteiger partial charge in [0.15, 0.2) is 0 Å². The first-order chi connectivity index (χ1) is 9.95. The van der Waals surface area contributed by atoms with Gasteiger partial charge in [-0.25, -0.2) is 4.79 Å². The van der Waals surface area contributed by atoms with Gasteiger partial charge in [-0.05, 0) is 46.8 Å². The van der Waals surface area contributed by atoms with Crippen LogP contribution in [0.25, 0.3) is 0 Å². The van der Waals surface area contributed by atoms with Crippen molar-refractivity contribution in [3.63, 3.8) is 0 Å². The molecule has 5 nitrogen and oxygen atoms in total. The van der Waals surface area contributed by atoms with Gasteiger partial charge < -0.3 is 15.3 Å². The molecular formula is C14H19BrN2O3S. The number of hydrogen-bond acceptors (Lipinski definition) is 3. The number of hydrogen-bond donors (Lipinski definition) is 2. The fourth-order valence-corrected chi connectivity index (χ4v) is 4.07. The van der Waals surface area contributed by atoms with Crippen LogP contribution < -0.4 is 5.32 Å². The topological polar surface area (TPSA) is 69.6 Å². The minimum Gasteiger partial charge on any atom is -0.481 e. The number of carbonyl (C=O) groups excluding carboxylic acids is 1. The zero-order valence-electron chi connectivity index (χ0n) is 11.8. The van der Waals surface area contributed by atoms with Crippen LogP contribution in [0.4, 0.5) is 4.79 Å². The van der Waals surface area contributed by atoms with Crippen LogP contribution in [0.15, 0.2) is 15.9 Å². The van der Waals surface area contributed by atoms with Crippen LogP contribution in [0.1, 0.15) is 18.2 Å². The summed E-state index contributed by atoms with van der Waals surface area (Å²) in [5, 5.41) is 12.0. The highest BCUT2D eigenvalue weighted by Crippen LogP contribution is 2.23. The van der Waals surface area contributed by atoms with Gasteiger partial charge in [0.1, 0.15) is 0 Å². The van der Waals surface area contributed by atoms with E-state index in [0.29, 0.717) is 26.1 Å². The molecule has 0 saturated carbocycles. The molecule has 1 aromatic rings. The Morgan fingerprint density at radius 3 is 2.86 bits per heavy atom. The van der Waals surface area contributed by atoms with Gasteiger partial charge in [-0.3, -0.25) is 4.79 Å². The molecule has 21 heavy (non-hydrogen) atoms. The number of nitrogens with one attached hydrogen (secondary N) is 1. The van der Waals surface area contributed by atoms with Crippen molar-refractivity contribution in [2.75, 3.05) is 19.6 Å². The van der Waals surface area contributed by atoms with Crippen LogP contribution in [0.2, 0.25) is 0 Å². The average Bonchev–Trinajstić information content (AvgIpc) is 2.83. The Morgan fingerprint density at radius 1 is 1.48 bits per heavy atom. The first-order valence-corrected chi connectivity index (χ1v) is 8.56. The van der Waals surface area contributed by atoms with Gasteiger partial charge in [0.2, 0.25) is 0 Å². The standard InChI is InChI=1S/C14H19BrN2O3S/c1-9-6-10(13(18)19)8-17(7-9)14(20)16-5-4-11-2-3-12(15)21-11/h2-3,9-10H,4-8H2,1H3,(H,16,20)(H,18,19).